The monoisotopic (exact) mass is 394 g/mol. The van der Waals surface area contributed by atoms with Crippen LogP contribution in [0.25, 0.3) is 16.2 Å². The van der Waals surface area contributed by atoms with E-state index in [9.17, 15) is 4.79 Å². The first-order chi connectivity index (χ1) is 13.6. The minimum absolute atomic E-state index is 0.236. The van der Waals surface area contributed by atoms with Crippen LogP contribution in [0.5, 0.6) is 5.75 Å². The summed E-state index contributed by atoms with van der Waals surface area (Å²) < 4.78 is 6.73. The van der Waals surface area contributed by atoms with E-state index in [1.54, 1.807) is 42.0 Å². The number of aryl methyl sites for hydroxylation is 1. The fourth-order valence-electron chi connectivity index (χ4n) is 2.70. The number of rotatable bonds is 6. The highest BCUT2D eigenvalue weighted by Crippen LogP contribution is 2.25. The zero-order valence-electron chi connectivity index (χ0n) is 15.4. The third-order valence-corrected chi connectivity index (χ3v) is 5.15. The van der Waals surface area contributed by atoms with Crippen LogP contribution in [0.3, 0.4) is 0 Å². The van der Waals surface area contributed by atoms with Gasteiger partial charge in [0.15, 0.2) is 11.5 Å². The van der Waals surface area contributed by atoms with Crippen LogP contribution >= 0.6 is 11.3 Å². The summed E-state index contributed by atoms with van der Waals surface area (Å²) in [5.74, 6) is 1.22. The molecule has 0 bridgehead atoms. The maximum Gasteiger partial charge on any atom is 0.271 e. The Hall–Kier alpha value is -3.33. The summed E-state index contributed by atoms with van der Waals surface area (Å²) in [6.45, 7) is 2.27. The van der Waals surface area contributed by atoms with Gasteiger partial charge in [0.1, 0.15) is 16.5 Å². The van der Waals surface area contributed by atoms with E-state index in [1.165, 1.54) is 0 Å². The number of hydrogen-bond donors (Lipinski definition) is 1. The van der Waals surface area contributed by atoms with E-state index in [2.05, 4.69) is 25.6 Å². The van der Waals surface area contributed by atoms with Crippen molar-refractivity contribution in [2.24, 2.45) is 0 Å². The standard InChI is InChI=1S/C19H18N6O2S/c1-12-22-23-17-8-7-16(24-25(12)17)18(26)20-10-9-14-11-28-19(21-14)13-3-5-15(27-2)6-4-13/h3-8,11H,9-10H2,1-2H3,(H,20,26). The predicted molar refractivity (Wildman–Crippen MR) is 106 cm³/mol. The van der Waals surface area contributed by atoms with E-state index in [0.717, 1.165) is 22.0 Å². The molecule has 142 valence electrons. The largest absolute Gasteiger partial charge is 0.497 e. The van der Waals surface area contributed by atoms with Gasteiger partial charge in [0, 0.05) is 23.9 Å². The highest BCUT2D eigenvalue weighted by molar-refractivity contribution is 7.13. The Morgan fingerprint density at radius 3 is 2.79 bits per heavy atom. The second-order valence-electron chi connectivity index (χ2n) is 6.11. The van der Waals surface area contributed by atoms with Crippen molar-refractivity contribution in [1.82, 2.24) is 30.1 Å². The number of nitrogens with zero attached hydrogens (tertiary/aromatic N) is 5. The van der Waals surface area contributed by atoms with Gasteiger partial charge in [-0.15, -0.1) is 21.5 Å². The van der Waals surface area contributed by atoms with E-state index in [-0.39, 0.29) is 5.91 Å². The van der Waals surface area contributed by atoms with Gasteiger partial charge in [-0.2, -0.15) is 9.61 Å². The van der Waals surface area contributed by atoms with Gasteiger partial charge in [0.05, 0.1) is 12.8 Å². The molecular formula is C19H18N6O2S. The molecule has 28 heavy (non-hydrogen) atoms. The van der Waals surface area contributed by atoms with Crippen LogP contribution in [0.15, 0.2) is 41.8 Å². The number of ether oxygens (including phenoxy) is 1. The molecule has 1 N–H and O–H groups in total. The van der Waals surface area contributed by atoms with Crippen molar-refractivity contribution in [3.8, 4) is 16.3 Å². The van der Waals surface area contributed by atoms with E-state index < -0.39 is 0 Å². The zero-order chi connectivity index (χ0) is 19.5. The maximum absolute atomic E-state index is 12.3. The molecule has 4 rings (SSSR count). The smallest absolute Gasteiger partial charge is 0.271 e. The van der Waals surface area contributed by atoms with Gasteiger partial charge in [-0.1, -0.05) is 0 Å². The molecule has 0 aliphatic heterocycles. The normalized spacial score (nSPS) is 10.9. The number of methoxy groups -OCH3 is 1. The van der Waals surface area contributed by atoms with Crippen LogP contribution in [-0.2, 0) is 6.42 Å². The molecular weight excluding hydrogens is 376 g/mol. The molecule has 0 aliphatic rings. The number of benzene rings is 1. The number of carbonyl (C=O) groups is 1. The first kappa shape index (κ1) is 18.1. The van der Waals surface area contributed by atoms with Gasteiger partial charge >= 0.3 is 0 Å². The van der Waals surface area contributed by atoms with Gasteiger partial charge in [-0.25, -0.2) is 4.98 Å². The lowest BCUT2D eigenvalue weighted by Gasteiger charge is -2.04. The van der Waals surface area contributed by atoms with E-state index in [0.29, 0.717) is 30.1 Å². The molecule has 3 aromatic heterocycles. The van der Waals surface area contributed by atoms with Crippen LogP contribution in [0.1, 0.15) is 22.0 Å². The van der Waals surface area contributed by atoms with Crippen molar-refractivity contribution < 1.29 is 9.53 Å². The molecule has 1 amide bonds. The number of aromatic nitrogens is 5. The van der Waals surface area contributed by atoms with E-state index in [1.807, 2.05) is 29.6 Å². The van der Waals surface area contributed by atoms with Crippen LogP contribution in [-0.4, -0.2) is 44.4 Å². The fourth-order valence-corrected chi connectivity index (χ4v) is 3.56. The molecule has 0 spiro atoms. The Labute approximate surface area is 165 Å². The SMILES string of the molecule is COc1ccc(-c2nc(CCNC(=O)c3ccc4nnc(C)n4n3)cs2)cc1. The average molecular weight is 394 g/mol. The third kappa shape index (κ3) is 3.70. The molecule has 8 nitrogen and oxygen atoms in total. The first-order valence-electron chi connectivity index (χ1n) is 8.70. The van der Waals surface area contributed by atoms with Gasteiger partial charge in [-0.05, 0) is 43.3 Å². The molecule has 0 radical (unpaired) electrons. The summed E-state index contributed by atoms with van der Waals surface area (Å²) in [6.07, 6.45) is 0.645. The summed E-state index contributed by atoms with van der Waals surface area (Å²) in [7, 11) is 1.64. The lowest BCUT2D eigenvalue weighted by molar-refractivity contribution is 0.0947. The van der Waals surface area contributed by atoms with Crippen molar-refractivity contribution in [3.05, 3.63) is 59.0 Å². The highest BCUT2D eigenvalue weighted by Gasteiger charge is 2.11. The fraction of sp³-hybridized carbons (Fsp3) is 0.211. The number of hydrogen-bond acceptors (Lipinski definition) is 7. The lowest BCUT2D eigenvalue weighted by atomic mass is 10.2. The van der Waals surface area contributed by atoms with Crippen molar-refractivity contribution in [2.75, 3.05) is 13.7 Å². The zero-order valence-corrected chi connectivity index (χ0v) is 16.2. The van der Waals surface area contributed by atoms with Gasteiger partial charge in [0.2, 0.25) is 0 Å². The Bertz CT molecular complexity index is 1120. The van der Waals surface area contributed by atoms with Crippen molar-refractivity contribution in [3.63, 3.8) is 0 Å². The molecule has 1 aromatic carbocycles. The molecule has 9 heteroatoms. The van der Waals surface area contributed by atoms with Gasteiger partial charge in [0.25, 0.3) is 5.91 Å². The second-order valence-corrected chi connectivity index (χ2v) is 6.97. The molecule has 0 saturated heterocycles. The van der Waals surface area contributed by atoms with Crippen LogP contribution in [0, 0.1) is 6.92 Å². The minimum atomic E-state index is -0.236. The van der Waals surface area contributed by atoms with Crippen molar-refractivity contribution >= 4 is 22.9 Å². The quantitative estimate of drug-likeness (QED) is 0.540. The summed E-state index contributed by atoms with van der Waals surface area (Å²) in [5, 5.41) is 18.0. The Balaban J connectivity index is 1.36. The topological polar surface area (TPSA) is 94.3 Å². The summed E-state index contributed by atoms with van der Waals surface area (Å²) >= 11 is 1.58. The van der Waals surface area contributed by atoms with Crippen LogP contribution in [0.4, 0.5) is 0 Å². The van der Waals surface area contributed by atoms with E-state index >= 15 is 0 Å². The molecule has 0 unspecified atom stereocenters. The number of amides is 1. The minimum Gasteiger partial charge on any atom is -0.497 e. The van der Waals surface area contributed by atoms with Gasteiger partial charge < -0.3 is 10.1 Å². The molecule has 3 heterocycles. The average Bonchev–Trinajstić information content (AvgIpc) is 3.35. The summed E-state index contributed by atoms with van der Waals surface area (Å²) in [5.41, 5.74) is 2.92. The van der Waals surface area contributed by atoms with Crippen LogP contribution < -0.4 is 10.1 Å². The second kappa shape index (κ2) is 7.73. The van der Waals surface area contributed by atoms with Crippen LogP contribution in [0.2, 0.25) is 0 Å². The Kier molecular flexibility index (Phi) is 4.98. The van der Waals surface area contributed by atoms with Gasteiger partial charge in [-0.3, -0.25) is 4.79 Å². The van der Waals surface area contributed by atoms with Crippen molar-refractivity contribution in [2.45, 2.75) is 13.3 Å². The molecule has 0 aliphatic carbocycles. The van der Waals surface area contributed by atoms with Crippen molar-refractivity contribution in [1.29, 1.82) is 0 Å². The number of carbonyl (C=O) groups excluding carboxylic acids is 1. The molecule has 0 saturated carbocycles. The lowest BCUT2D eigenvalue weighted by Crippen LogP contribution is -2.27. The third-order valence-electron chi connectivity index (χ3n) is 4.21. The summed E-state index contributed by atoms with van der Waals surface area (Å²) in [6, 6.07) is 11.2. The first-order valence-corrected chi connectivity index (χ1v) is 9.58. The number of fused-ring (bicyclic) bond motifs is 1. The predicted octanol–water partition coefficient (Wildman–Crippen LogP) is 2.54. The Morgan fingerprint density at radius 2 is 2.00 bits per heavy atom. The molecule has 4 aromatic rings. The number of nitrogens with one attached hydrogen (secondary N) is 1. The van der Waals surface area contributed by atoms with E-state index in [4.69, 9.17) is 4.74 Å². The highest BCUT2D eigenvalue weighted by atomic mass is 32.1. The summed E-state index contributed by atoms with van der Waals surface area (Å²) in [4.78, 5) is 17.0. The Morgan fingerprint density at radius 1 is 1.18 bits per heavy atom. The maximum atomic E-state index is 12.3. The number of thiazole rings is 1. The molecule has 0 atom stereocenters. The molecule has 0 fully saturated rings.